The zero-order valence-corrected chi connectivity index (χ0v) is 21.8. The van der Waals surface area contributed by atoms with Gasteiger partial charge < -0.3 is 15.0 Å². The lowest BCUT2D eigenvalue weighted by Gasteiger charge is -2.40. The number of rotatable bonds is 4. The molecule has 1 aliphatic carbocycles. The fourth-order valence-corrected chi connectivity index (χ4v) is 6.83. The number of fused-ring (bicyclic) bond motifs is 3. The van der Waals surface area contributed by atoms with Crippen LogP contribution in [-0.4, -0.2) is 63.1 Å². The quantitative estimate of drug-likeness (QED) is 0.528. The van der Waals surface area contributed by atoms with Crippen LogP contribution in [0.5, 0.6) is 5.75 Å². The van der Waals surface area contributed by atoms with Crippen molar-refractivity contribution < 1.29 is 14.3 Å². The van der Waals surface area contributed by atoms with Gasteiger partial charge in [-0.15, -0.1) is 0 Å². The number of halogens is 1. The summed E-state index contributed by atoms with van der Waals surface area (Å²) in [4.78, 5) is 34.3. The summed E-state index contributed by atoms with van der Waals surface area (Å²) >= 11 is 6.59. The number of aromatic nitrogens is 3. The van der Waals surface area contributed by atoms with Crippen LogP contribution in [0.4, 0.5) is 5.69 Å². The minimum absolute atomic E-state index is 0.0384. The van der Waals surface area contributed by atoms with Gasteiger partial charge in [-0.25, -0.2) is 9.50 Å². The van der Waals surface area contributed by atoms with Gasteiger partial charge in [-0.05, 0) is 43.0 Å². The van der Waals surface area contributed by atoms with E-state index in [0.717, 1.165) is 59.8 Å². The largest absolute Gasteiger partial charge is 0.487 e. The van der Waals surface area contributed by atoms with E-state index in [2.05, 4.69) is 27.2 Å². The summed E-state index contributed by atoms with van der Waals surface area (Å²) in [5.74, 6) is 0.231. The van der Waals surface area contributed by atoms with Gasteiger partial charge in [0.2, 0.25) is 11.8 Å². The molecule has 3 aliphatic heterocycles. The molecule has 37 heavy (non-hydrogen) atoms. The predicted molar refractivity (Wildman–Crippen MR) is 138 cm³/mol. The summed E-state index contributed by atoms with van der Waals surface area (Å²) in [7, 11) is 0. The lowest BCUT2D eigenvalue weighted by molar-refractivity contribution is -0.143. The van der Waals surface area contributed by atoms with Crippen LogP contribution in [0.3, 0.4) is 0 Å². The Morgan fingerprint density at radius 2 is 1.97 bits per heavy atom. The Labute approximate surface area is 219 Å². The van der Waals surface area contributed by atoms with E-state index >= 15 is 0 Å². The summed E-state index contributed by atoms with van der Waals surface area (Å²) in [6.07, 6.45) is 4.48. The molecule has 2 amide bonds. The van der Waals surface area contributed by atoms with Crippen LogP contribution in [0, 0.1) is 17.3 Å². The number of nitrogens with one attached hydrogen (secondary N) is 1. The first-order chi connectivity index (χ1) is 17.7. The van der Waals surface area contributed by atoms with E-state index in [9.17, 15) is 9.59 Å². The molecule has 2 saturated heterocycles. The minimum atomic E-state index is -0.221. The smallest absolute Gasteiger partial charge is 0.233 e. The molecule has 4 atom stereocenters. The number of carbonyl (C=O) groups is 2. The molecule has 5 heterocycles. The molecule has 0 radical (unpaired) electrons. The molecule has 192 valence electrons. The van der Waals surface area contributed by atoms with Gasteiger partial charge in [0.15, 0.2) is 0 Å². The number of anilines is 1. The Kier molecular flexibility index (Phi) is 4.92. The summed E-state index contributed by atoms with van der Waals surface area (Å²) in [5, 5.41) is 8.47. The number of piperidine rings is 1. The molecule has 3 aromatic rings. The van der Waals surface area contributed by atoms with Crippen LogP contribution in [0.15, 0.2) is 30.7 Å². The van der Waals surface area contributed by atoms with Crippen molar-refractivity contribution in [2.24, 2.45) is 17.3 Å². The summed E-state index contributed by atoms with van der Waals surface area (Å²) in [5.41, 5.74) is 4.01. The second-order valence-electron chi connectivity index (χ2n) is 11.4. The summed E-state index contributed by atoms with van der Waals surface area (Å²) in [6.45, 7) is 8.97. The number of hydrogen-bond donors (Lipinski definition) is 1. The van der Waals surface area contributed by atoms with Gasteiger partial charge in [-0.1, -0.05) is 25.4 Å². The normalized spacial score (nSPS) is 28.0. The number of amides is 2. The van der Waals surface area contributed by atoms with Gasteiger partial charge in [-0.3, -0.25) is 14.5 Å². The van der Waals surface area contributed by atoms with Crippen LogP contribution < -0.4 is 15.0 Å². The molecule has 7 rings (SSSR count). The average molecular weight is 521 g/mol. The highest BCUT2D eigenvalue weighted by Gasteiger charge is 2.72. The standard InChI is InChI=1S/C27H29ClN6O3/c1-14-10-32(17-4-5-29-9-17)24-18(7-16(28)8-20(24)37-14)23-19-6-15(12-34(19)31-13-30-23)11-33-25(35)21-22(26(33)36)27(21,2)3/h6-8,12-14,17,21-22,29H,4-5,9-11H2,1-3H3/t14-,17?,21?,22?/m1/s1. The van der Waals surface area contributed by atoms with Crippen molar-refractivity contribution in [1.82, 2.24) is 24.8 Å². The second kappa shape index (κ2) is 7.91. The summed E-state index contributed by atoms with van der Waals surface area (Å²) in [6, 6.07) is 6.14. The highest BCUT2D eigenvalue weighted by molar-refractivity contribution is 6.31. The summed E-state index contributed by atoms with van der Waals surface area (Å²) < 4.78 is 8.01. The molecule has 3 fully saturated rings. The number of imide groups is 1. The average Bonchev–Trinajstić information content (AvgIpc) is 3.32. The van der Waals surface area contributed by atoms with Crippen molar-refractivity contribution in [3.63, 3.8) is 0 Å². The van der Waals surface area contributed by atoms with E-state index in [-0.39, 0.29) is 41.7 Å². The van der Waals surface area contributed by atoms with Gasteiger partial charge in [0.05, 0.1) is 36.1 Å². The molecule has 10 heteroatoms. The van der Waals surface area contributed by atoms with Crippen molar-refractivity contribution in [3.8, 4) is 17.0 Å². The van der Waals surface area contributed by atoms with Crippen molar-refractivity contribution in [1.29, 1.82) is 0 Å². The maximum absolute atomic E-state index is 12.9. The number of benzene rings is 1. The fourth-order valence-electron chi connectivity index (χ4n) is 6.62. The van der Waals surface area contributed by atoms with Crippen LogP contribution in [0.1, 0.15) is 32.8 Å². The molecule has 0 bridgehead atoms. The topological polar surface area (TPSA) is 92.1 Å². The van der Waals surface area contributed by atoms with Crippen LogP contribution >= 0.6 is 11.6 Å². The van der Waals surface area contributed by atoms with Crippen LogP contribution in [-0.2, 0) is 16.1 Å². The van der Waals surface area contributed by atoms with E-state index in [1.165, 1.54) is 11.2 Å². The highest BCUT2D eigenvalue weighted by Crippen LogP contribution is 2.63. The molecule has 3 unspecified atom stereocenters. The maximum atomic E-state index is 12.9. The molecule has 1 N–H and O–H groups in total. The molecule has 1 aromatic carbocycles. The van der Waals surface area contributed by atoms with Gasteiger partial charge in [-0.2, -0.15) is 5.10 Å². The third kappa shape index (κ3) is 3.40. The highest BCUT2D eigenvalue weighted by atomic mass is 35.5. The Morgan fingerprint density at radius 1 is 1.19 bits per heavy atom. The minimum Gasteiger partial charge on any atom is -0.487 e. The third-order valence-electron chi connectivity index (χ3n) is 8.53. The maximum Gasteiger partial charge on any atom is 0.233 e. The lowest BCUT2D eigenvalue weighted by atomic mass is 10.0. The Balaban J connectivity index is 1.29. The zero-order chi connectivity index (χ0) is 25.6. The molecule has 4 aliphatic rings. The van der Waals surface area contributed by atoms with E-state index in [0.29, 0.717) is 11.1 Å². The number of ether oxygens (including phenoxy) is 1. The number of hydrogen-bond acceptors (Lipinski definition) is 7. The van der Waals surface area contributed by atoms with Gasteiger partial charge in [0.1, 0.15) is 23.9 Å². The lowest BCUT2D eigenvalue weighted by Crippen LogP contribution is -2.46. The van der Waals surface area contributed by atoms with E-state index in [1.807, 2.05) is 38.2 Å². The van der Waals surface area contributed by atoms with Crippen molar-refractivity contribution in [2.75, 3.05) is 24.5 Å². The molecule has 1 saturated carbocycles. The van der Waals surface area contributed by atoms with Gasteiger partial charge in [0, 0.05) is 35.4 Å². The van der Waals surface area contributed by atoms with E-state index in [4.69, 9.17) is 16.3 Å². The molecular formula is C27H29ClN6O3. The molecular weight excluding hydrogens is 492 g/mol. The van der Waals surface area contributed by atoms with Crippen molar-refractivity contribution in [2.45, 2.75) is 45.9 Å². The SMILES string of the molecule is C[C@@H]1CN(C2CCNC2)c2c(cc(Cl)cc2-c2ncnn3cc(CN4C(=O)C5C(C4=O)C5(C)C)cc23)O1. The van der Waals surface area contributed by atoms with E-state index in [1.54, 1.807) is 4.52 Å². The van der Waals surface area contributed by atoms with Crippen molar-refractivity contribution >= 4 is 34.6 Å². The number of nitrogens with zero attached hydrogens (tertiary/aromatic N) is 5. The third-order valence-corrected chi connectivity index (χ3v) is 8.75. The first-order valence-corrected chi connectivity index (χ1v) is 13.3. The van der Waals surface area contributed by atoms with Crippen molar-refractivity contribution in [3.05, 3.63) is 41.3 Å². The molecule has 0 spiro atoms. The van der Waals surface area contributed by atoms with Crippen LogP contribution in [0.2, 0.25) is 5.02 Å². The first kappa shape index (κ1) is 23.0. The second-order valence-corrected chi connectivity index (χ2v) is 11.8. The predicted octanol–water partition coefficient (Wildman–Crippen LogP) is 3.14. The van der Waals surface area contributed by atoms with Gasteiger partial charge >= 0.3 is 0 Å². The number of likely N-dealkylation sites (tertiary alicyclic amines) is 1. The molecule has 9 nitrogen and oxygen atoms in total. The Morgan fingerprint density at radius 3 is 2.70 bits per heavy atom. The monoisotopic (exact) mass is 520 g/mol. The first-order valence-electron chi connectivity index (χ1n) is 12.9. The number of carbonyl (C=O) groups excluding carboxylic acids is 2. The fraction of sp³-hybridized carbons (Fsp3) is 0.481. The van der Waals surface area contributed by atoms with E-state index < -0.39 is 0 Å². The zero-order valence-electron chi connectivity index (χ0n) is 21.1. The Hall–Kier alpha value is -3.17. The van der Waals surface area contributed by atoms with Gasteiger partial charge in [0.25, 0.3) is 0 Å². The molecule has 2 aromatic heterocycles. The van der Waals surface area contributed by atoms with Crippen LogP contribution in [0.25, 0.3) is 16.8 Å². The Bertz CT molecular complexity index is 1440.